The third-order valence-corrected chi connectivity index (χ3v) is 4.46. The van der Waals surface area contributed by atoms with E-state index in [4.69, 9.17) is 9.15 Å². The van der Waals surface area contributed by atoms with E-state index >= 15 is 0 Å². The maximum absolute atomic E-state index is 11.9. The van der Waals surface area contributed by atoms with E-state index in [9.17, 15) is 9.59 Å². The lowest BCUT2D eigenvalue weighted by atomic mass is 10.2. The zero-order chi connectivity index (χ0) is 19.1. The lowest BCUT2D eigenvalue weighted by Crippen LogP contribution is -2.32. The SMILES string of the molecule is CCOC(=O)NC(=O)CSc1nnc(-c2ccco2)n1Cc1ccccc1. The fourth-order valence-corrected chi connectivity index (χ4v) is 3.08. The van der Waals surface area contributed by atoms with Gasteiger partial charge < -0.3 is 9.15 Å². The van der Waals surface area contributed by atoms with E-state index in [-0.39, 0.29) is 12.4 Å². The summed E-state index contributed by atoms with van der Waals surface area (Å²) in [4.78, 5) is 23.2. The summed E-state index contributed by atoms with van der Waals surface area (Å²) in [6, 6.07) is 13.4. The summed E-state index contributed by atoms with van der Waals surface area (Å²) in [5.41, 5.74) is 1.06. The number of carbonyl (C=O) groups is 2. The second-order valence-corrected chi connectivity index (χ2v) is 6.36. The molecule has 0 bridgehead atoms. The van der Waals surface area contributed by atoms with Crippen LogP contribution in [-0.4, -0.2) is 39.1 Å². The first-order chi connectivity index (χ1) is 13.2. The standard InChI is InChI=1S/C18H18N4O4S/c1-2-25-18(24)19-15(23)12-27-17-21-20-16(14-9-6-10-26-14)22(17)11-13-7-4-3-5-8-13/h3-10H,2,11-12H2,1H3,(H,19,23,24). The fraction of sp³-hybridized carbons (Fsp3) is 0.222. The number of benzene rings is 1. The molecule has 9 heteroatoms. The smallest absolute Gasteiger partial charge is 0.413 e. The molecule has 2 amide bonds. The molecule has 0 saturated carbocycles. The van der Waals surface area contributed by atoms with Crippen molar-refractivity contribution in [1.29, 1.82) is 0 Å². The highest BCUT2D eigenvalue weighted by Gasteiger charge is 2.18. The molecule has 1 N–H and O–H groups in total. The van der Waals surface area contributed by atoms with Gasteiger partial charge in [-0.05, 0) is 24.6 Å². The third kappa shape index (κ3) is 4.98. The Bertz CT molecular complexity index is 893. The largest absolute Gasteiger partial charge is 0.461 e. The summed E-state index contributed by atoms with van der Waals surface area (Å²) in [5.74, 6) is 0.690. The first-order valence-corrected chi connectivity index (χ1v) is 9.26. The van der Waals surface area contributed by atoms with Gasteiger partial charge in [0.25, 0.3) is 0 Å². The van der Waals surface area contributed by atoms with E-state index in [2.05, 4.69) is 15.5 Å². The average molecular weight is 386 g/mol. The number of thioether (sulfide) groups is 1. The molecule has 0 aliphatic heterocycles. The molecule has 0 saturated heterocycles. The van der Waals surface area contributed by atoms with E-state index in [0.717, 1.165) is 5.56 Å². The number of nitrogens with zero attached hydrogens (tertiary/aromatic N) is 3. The van der Waals surface area contributed by atoms with Crippen molar-refractivity contribution in [2.24, 2.45) is 0 Å². The van der Waals surface area contributed by atoms with Crippen molar-refractivity contribution in [3.8, 4) is 11.6 Å². The van der Waals surface area contributed by atoms with Crippen LogP contribution in [0.5, 0.6) is 0 Å². The molecule has 0 aliphatic rings. The van der Waals surface area contributed by atoms with Gasteiger partial charge in [-0.2, -0.15) is 0 Å². The molecule has 27 heavy (non-hydrogen) atoms. The van der Waals surface area contributed by atoms with Crippen LogP contribution >= 0.6 is 11.8 Å². The highest BCUT2D eigenvalue weighted by molar-refractivity contribution is 7.99. The number of amides is 2. The predicted octanol–water partition coefficient (Wildman–Crippen LogP) is 2.95. The zero-order valence-corrected chi connectivity index (χ0v) is 15.4. The van der Waals surface area contributed by atoms with Crippen molar-refractivity contribution in [2.45, 2.75) is 18.6 Å². The Kier molecular flexibility index (Phi) is 6.26. The van der Waals surface area contributed by atoms with Gasteiger partial charge in [-0.15, -0.1) is 10.2 Å². The second-order valence-electron chi connectivity index (χ2n) is 5.41. The minimum atomic E-state index is -0.759. The molecule has 0 spiro atoms. The molecule has 0 atom stereocenters. The van der Waals surface area contributed by atoms with Gasteiger partial charge in [-0.3, -0.25) is 14.7 Å². The Labute approximate surface area is 159 Å². The summed E-state index contributed by atoms with van der Waals surface area (Å²) in [6.45, 7) is 2.39. The maximum atomic E-state index is 11.9. The molecule has 2 heterocycles. The third-order valence-electron chi connectivity index (χ3n) is 3.49. The number of hydrogen-bond donors (Lipinski definition) is 1. The topological polar surface area (TPSA) is 99.2 Å². The van der Waals surface area contributed by atoms with Gasteiger partial charge in [-0.25, -0.2) is 4.79 Å². The molecular weight excluding hydrogens is 368 g/mol. The number of furan rings is 1. The number of alkyl carbamates (subject to hydrolysis) is 1. The summed E-state index contributed by atoms with van der Waals surface area (Å²) in [7, 11) is 0. The van der Waals surface area contributed by atoms with Crippen LogP contribution in [-0.2, 0) is 16.1 Å². The Morgan fingerprint density at radius 2 is 2.00 bits per heavy atom. The number of carbonyl (C=O) groups excluding carboxylic acids is 2. The number of nitrogens with one attached hydrogen (secondary N) is 1. The van der Waals surface area contributed by atoms with Crippen LogP contribution < -0.4 is 5.32 Å². The minimum absolute atomic E-state index is 0.00386. The molecule has 3 rings (SSSR count). The molecular formula is C18H18N4O4S. The Hall–Kier alpha value is -3.07. The van der Waals surface area contributed by atoms with Crippen LogP contribution in [0.1, 0.15) is 12.5 Å². The number of imide groups is 1. The lowest BCUT2D eigenvalue weighted by Gasteiger charge is -2.09. The van der Waals surface area contributed by atoms with Crippen LogP contribution in [0.3, 0.4) is 0 Å². The van der Waals surface area contributed by atoms with Crippen molar-refractivity contribution >= 4 is 23.8 Å². The van der Waals surface area contributed by atoms with Crippen molar-refractivity contribution in [3.05, 3.63) is 54.3 Å². The van der Waals surface area contributed by atoms with E-state index in [1.54, 1.807) is 25.3 Å². The first kappa shape index (κ1) is 18.7. The van der Waals surface area contributed by atoms with Crippen molar-refractivity contribution in [3.63, 3.8) is 0 Å². The van der Waals surface area contributed by atoms with Crippen LogP contribution in [0, 0.1) is 0 Å². The average Bonchev–Trinajstić information content (AvgIpc) is 3.31. The highest BCUT2D eigenvalue weighted by atomic mass is 32.2. The quantitative estimate of drug-likeness (QED) is 0.623. The molecule has 0 aliphatic carbocycles. The van der Waals surface area contributed by atoms with Crippen molar-refractivity contribution < 1.29 is 18.7 Å². The van der Waals surface area contributed by atoms with Gasteiger partial charge in [0.1, 0.15) is 0 Å². The predicted molar refractivity (Wildman–Crippen MR) is 99.2 cm³/mol. The second kappa shape index (κ2) is 9.04. The molecule has 0 unspecified atom stereocenters. The molecule has 0 radical (unpaired) electrons. The van der Waals surface area contributed by atoms with Gasteiger partial charge in [0.05, 0.1) is 25.2 Å². The lowest BCUT2D eigenvalue weighted by molar-refractivity contribution is -0.117. The van der Waals surface area contributed by atoms with Gasteiger partial charge in [0.15, 0.2) is 10.9 Å². The Morgan fingerprint density at radius 1 is 1.19 bits per heavy atom. The number of rotatable bonds is 7. The van der Waals surface area contributed by atoms with Gasteiger partial charge in [-0.1, -0.05) is 42.1 Å². The molecule has 140 valence electrons. The number of hydrogen-bond acceptors (Lipinski definition) is 7. The van der Waals surface area contributed by atoms with E-state index in [1.165, 1.54) is 11.8 Å². The summed E-state index contributed by atoms with van der Waals surface area (Å²) in [5, 5.41) is 11.1. The van der Waals surface area contributed by atoms with Crippen LogP contribution in [0.15, 0.2) is 58.3 Å². The summed E-state index contributed by atoms with van der Waals surface area (Å²) < 4.78 is 12.0. The van der Waals surface area contributed by atoms with Gasteiger partial charge in [0.2, 0.25) is 11.7 Å². The monoisotopic (exact) mass is 386 g/mol. The van der Waals surface area contributed by atoms with Crippen molar-refractivity contribution in [2.75, 3.05) is 12.4 Å². The highest BCUT2D eigenvalue weighted by Crippen LogP contribution is 2.25. The first-order valence-electron chi connectivity index (χ1n) is 8.27. The van der Waals surface area contributed by atoms with Gasteiger partial charge in [0, 0.05) is 0 Å². The van der Waals surface area contributed by atoms with Crippen LogP contribution in [0.2, 0.25) is 0 Å². The summed E-state index contributed by atoms with van der Waals surface area (Å²) in [6.07, 6.45) is 0.807. The molecule has 0 fully saturated rings. The molecule has 2 aromatic heterocycles. The molecule has 8 nitrogen and oxygen atoms in total. The number of aromatic nitrogens is 3. The van der Waals surface area contributed by atoms with Gasteiger partial charge >= 0.3 is 6.09 Å². The minimum Gasteiger partial charge on any atom is -0.461 e. The van der Waals surface area contributed by atoms with E-state index in [1.807, 2.05) is 34.9 Å². The Balaban J connectivity index is 1.76. The maximum Gasteiger partial charge on any atom is 0.413 e. The van der Waals surface area contributed by atoms with E-state index in [0.29, 0.717) is 23.3 Å². The molecule has 3 aromatic rings. The van der Waals surface area contributed by atoms with Crippen LogP contribution in [0.25, 0.3) is 11.6 Å². The molecule has 1 aromatic carbocycles. The number of ether oxygens (including phenoxy) is 1. The van der Waals surface area contributed by atoms with E-state index < -0.39 is 12.0 Å². The zero-order valence-electron chi connectivity index (χ0n) is 14.6. The fourth-order valence-electron chi connectivity index (χ4n) is 2.34. The summed E-state index contributed by atoms with van der Waals surface area (Å²) >= 11 is 1.18. The van der Waals surface area contributed by atoms with Crippen LogP contribution in [0.4, 0.5) is 4.79 Å². The Morgan fingerprint density at radius 3 is 2.70 bits per heavy atom. The normalized spacial score (nSPS) is 10.6. The van der Waals surface area contributed by atoms with Crippen molar-refractivity contribution in [1.82, 2.24) is 20.1 Å².